The average molecular weight is 382 g/mol. The van der Waals surface area contributed by atoms with E-state index in [0.29, 0.717) is 12.1 Å². The van der Waals surface area contributed by atoms with Crippen molar-refractivity contribution in [2.75, 3.05) is 5.32 Å². The number of rotatable bonds is 7. The smallest absolute Gasteiger partial charge is 0.306 e. The summed E-state index contributed by atoms with van der Waals surface area (Å²) in [5, 5.41) is 3.65. The third-order valence-electron chi connectivity index (χ3n) is 4.19. The third kappa shape index (κ3) is 5.14. The van der Waals surface area contributed by atoms with Gasteiger partial charge in [-0.3, -0.25) is 9.59 Å². The van der Waals surface area contributed by atoms with Gasteiger partial charge in [0, 0.05) is 12.1 Å². The molecule has 3 rings (SSSR count). The highest BCUT2D eigenvalue weighted by Crippen LogP contribution is 2.22. The molecule has 0 spiro atoms. The number of fused-ring (bicyclic) bond motifs is 1. The van der Waals surface area contributed by atoms with Crippen LogP contribution in [0.1, 0.15) is 30.8 Å². The van der Waals surface area contributed by atoms with Crippen LogP contribution in [0.3, 0.4) is 0 Å². The molecule has 0 fully saturated rings. The highest BCUT2D eigenvalue weighted by molar-refractivity contribution is 7.18. The van der Waals surface area contributed by atoms with Crippen molar-refractivity contribution < 1.29 is 14.3 Å². The van der Waals surface area contributed by atoms with E-state index in [-0.39, 0.29) is 12.3 Å². The Hall–Kier alpha value is -2.73. The van der Waals surface area contributed by atoms with E-state index in [1.807, 2.05) is 48.5 Å². The number of aryl methyl sites for hydroxylation is 2. The lowest BCUT2D eigenvalue weighted by atomic mass is 10.1. The van der Waals surface area contributed by atoms with Crippen LogP contribution in [0.25, 0.3) is 10.2 Å². The van der Waals surface area contributed by atoms with Crippen molar-refractivity contribution in [1.29, 1.82) is 0 Å². The predicted molar refractivity (Wildman–Crippen MR) is 108 cm³/mol. The molecule has 1 N–H and O–H groups in total. The third-order valence-corrected chi connectivity index (χ3v) is 5.28. The van der Waals surface area contributed by atoms with Crippen molar-refractivity contribution >= 4 is 39.1 Å². The molecule has 0 aliphatic rings. The number of aromatic nitrogens is 1. The highest BCUT2D eigenvalue weighted by atomic mass is 32.1. The Morgan fingerprint density at radius 3 is 2.59 bits per heavy atom. The molecular weight excluding hydrogens is 360 g/mol. The number of thiazole rings is 1. The number of para-hydroxylation sites is 1. The van der Waals surface area contributed by atoms with Gasteiger partial charge in [-0.05, 0) is 43.2 Å². The first-order valence-corrected chi connectivity index (χ1v) is 9.80. The van der Waals surface area contributed by atoms with Gasteiger partial charge in [0.15, 0.2) is 6.10 Å². The molecule has 6 heteroatoms. The fourth-order valence-electron chi connectivity index (χ4n) is 2.61. The number of amides is 1. The van der Waals surface area contributed by atoms with Crippen LogP contribution in [0.2, 0.25) is 0 Å². The van der Waals surface area contributed by atoms with E-state index in [4.69, 9.17) is 4.74 Å². The van der Waals surface area contributed by atoms with Crippen molar-refractivity contribution in [3.8, 4) is 0 Å². The second-order valence-corrected chi connectivity index (χ2v) is 7.36. The van der Waals surface area contributed by atoms with Crippen LogP contribution in [-0.4, -0.2) is 23.0 Å². The van der Waals surface area contributed by atoms with E-state index in [1.165, 1.54) is 5.56 Å². The molecule has 1 heterocycles. The minimum Gasteiger partial charge on any atom is -0.453 e. The number of nitrogens with one attached hydrogen (secondary N) is 1. The largest absolute Gasteiger partial charge is 0.453 e. The molecule has 0 radical (unpaired) electrons. The van der Waals surface area contributed by atoms with Gasteiger partial charge in [0.1, 0.15) is 0 Å². The van der Waals surface area contributed by atoms with Gasteiger partial charge in [-0.15, -0.1) is 11.3 Å². The maximum absolute atomic E-state index is 12.2. The quantitative estimate of drug-likeness (QED) is 0.617. The average Bonchev–Trinajstić information content (AvgIpc) is 3.10. The second kappa shape index (κ2) is 8.77. The first-order valence-electron chi connectivity index (χ1n) is 8.99. The minimum absolute atomic E-state index is 0.197. The molecule has 0 saturated heterocycles. The lowest BCUT2D eigenvalue weighted by Crippen LogP contribution is -2.30. The summed E-state index contributed by atoms with van der Waals surface area (Å²) in [6, 6.07) is 15.5. The van der Waals surface area contributed by atoms with Gasteiger partial charge in [-0.1, -0.05) is 31.2 Å². The van der Waals surface area contributed by atoms with Crippen LogP contribution < -0.4 is 5.32 Å². The predicted octanol–water partition coefficient (Wildman–Crippen LogP) is 4.36. The van der Waals surface area contributed by atoms with Crippen LogP contribution in [0.15, 0.2) is 48.5 Å². The molecule has 0 bridgehead atoms. The molecule has 1 amide bonds. The molecule has 3 aromatic rings. The van der Waals surface area contributed by atoms with Gasteiger partial charge >= 0.3 is 5.97 Å². The van der Waals surface area contributed by atoms with Gasteiger partial charge < -0.3 is 10.1 Å². The molecule has 2 aromatic carbocycles. The normalized spacial score (nSPS) is 11.9. The van der Waals surface area contributed by atoms with Crippen LogP contribution in [0.5, 0.6) is 0 Å². The van der Waals surface area contributed by atoms with Crippen LogP contribution in [0.4, 0.5) is 5.69 Å². The molecule has 0 unspecified atom stereocenters. The summed E-state index contributed by atoms with van der Waals surface area (Å²) in [6.45, 7) is 3.65. The van der Waals surface area contributed by atoms with Crippen molar-refractivity contribution in [2.45, 2.75) is 39.2 Å². The summed E-state index contributed by atoms with van der Waals surface area (Å²) in [6.07, 6.45) is 0.795. The van der Waals surface area contributed by atoms with Gasteiger partial charge in [0.2, 0.25) is 0 Å². The maximum atomic E-state index is 12.2. The van der Waals surface area contributed by atoms with Gasteiger partial charge in [0.05, 0.1) is 21.6 Å². The van der Waals surface area contributed by atoms with Crippen LogP contribution in [0, 0.1) is 0 Å². The van der Waals surface area contributed by atoms with E-state index in [0.717, 1.165) is 21.6 Å². The zero-order chi connectivity index (χ0) is 19.2. The molecule has 1 atom stereocenters. The summed E-state index contributed by atoms with van der Waals surface area (Å²) in [7, 11) is 0. The van der Waals surface area contributed by atoms with Crippen molar-refractivity contribution in [2.24, 2.45) is 0 Å². The second-order valence-electron chi connectivity index (χ2n) is 6.25. The number of nitrogens with zero attached hydrogens (tertiary/aromatic N) is 1. The van der Waals surface area contributed by atoms with Crippen molar-refractivity contribution in [3.05, 3.63) is 59.1 Å². The highest BCUT2D eigenvalue weighted by Gasteiger charge is 2.18. The van der Waals surface area contributed by atoms with E-state index in [1.54, 1.807) is 18.3 Å². The molecule has 1 aromatic heterocycles. The lowest BCUT2D eigenvalue weighted by molar-refractivity contribution is -0.153. The molecule has 0 saturated carbocycles. The number of benzene rings is 2. The fourth-order valence-corrected chi connectivity index (χ4v) is 3.58. The molecule has 27 heavy (non-hydrogen) atoms. The number of carbonyl (C=O) groups excluding carboxylic acids is 2. The Morgan fingerprint density at radius 1 is 1.15 bits per heavy atom. The van der Waals surface area contributed by atoms with Crippen LogP contribution >= 0.6 is 11.3 Å². The Morgan fingerprint density at radius 2 is 1.89 bits per heavy atom. The molecule has 5 nitrogen and oxygen atoms in total. The molecule has 140 valence electrons. The molecular formula is C21H22N2O3S. The number of esters is 1. The summed E-state index contributed by atoms with van der Waals surface area (Å²) < 4.78 is 6.35. The maximum Gasteiger partial charge on any atom is 0.306 e. The Labute approximate surface area is 162 Å². The van der Waals surface area contributed by atoms with E-state index >= 15 is 0 Å². The lowest BCUT2D eigenvalue weighted by Gasteiger charge is -2.13. The zero-order valence-corrected chi connectivity index (χ0v) is 16.2. The first-order chi connectivity index (χ1) is 13.0. The minimum atomic E-state index is -0.848. The summed E-state index contributed by atoms with van der Waals surface area (Å²) >= 11 is 1.57. The summed E-state index contributed by atoms with van der Waals surface area (Å²) in [4.78, 5) is 28.8. The summed E-state index contributed by atoms with van der Waals surface area (Å²) in [5.41, 5.74) is 2.82. The topological polar surface area (TPSA) is 68.3 Å². The van der Waals surface area contributed by atoms with Crippen molar-refractivity contribution in [1.82, 2.24) is 4.98 Å². The number of ether oxygens (including phenoxy) is 1. The monoisotopic (exact) mass is 382 g/mol. The van der Waals surface area contributed by atoms with Gasteiger partial charge in [0.25, 0.3) is 5.91 Å². The number of hydrogen-bond acceptors (Lipinski definition) is 5. The van der Waals surface area contributed by atoms with E-state index in [2.05, 4.69) is 17.2 Å². The standard InChI is InChI=1S/C21H22N2O3S/c1-3-15-8-10-16(11-9-15)22-21(25)14(2)26-20(24)13-12-19-23-17-6-4-5-7-18(17)27-19/h4-11,14H,3,12-13H2,1-2H3,(H,22,25)/t14-/m0/s1. The SMILES string of the molecule is CCc1ccc(NC(=O)[C@H](C)OC(=O)CCc2nc3ccccc3s2)cc1. The molecule has 0 aliphatic carbocycles. The van der Waals surface area contributed by atoms with E-state index in [9.17, 15) is 9.59 Å². The fraction of sp³-hybridized carbons (Fsp3) is 0.286. The Balaban J connectivity index is 1.48. The number of hydrogen-bond donors (Lipinski definition) is 1. The van der Waals surface area contributed by atoms with E-state index < -0.39 is 12.1 Å². The number of carbonyl (C=O) groups is 2. The number of anilines is 1. The van der Waals surface area contributed by atoms with Gasteiger partial charge in [-0.2, -0.15) is 0 Å². The van der Waals surface area contributed by atoms with Crippen molar-refractivity contribution in [3.63, 3.8) is 0 Å². The van der Waals surface area contributed by atoms with Gasteiger partial charge in [-0.25, -0.2) is 4.98 Å². The Bertz CT molecular complexity index is 901. The zero-order valence-electron chi connectivity index (χ0n) is 15.4. The van der Waals surface area contributed by atoms with Crippen LogP contribution in [-0.2, 0) is 27.2 Å². The molecule has 0 aliphatic heterocycles. The Kier molecular flexibility index (Phi) is 6.19. The summed E-state index contributed by atoms with van der Waals surface area (Å²) in [5.74, 6) is -0.745. The first kappa shape index (κ1) is 19.0.